The van der Waals surface area contributed by atoms with Gasteiger partial charge < -0.3 is 15.2 Å². The second kappa shape index (κ2) is 4.55. The van der Waals surface area contributed by atoms with E-state index < -0.39 is 11.0 Å². The van der Waals surface area contributed by atoms with Crippen molar-refractivity contribution in [2.45, 2.75) is 25.4 Å². The van der Waals surface area contributed by atoms with Gasteiger partial charge in [0.25, 0.3) is 0 Å². The first-order chi connectivity index (χ1) is 7.65. The number of rotatable bonds is 3. The van der Waals surface area contributed by atoms with E-state index in [0.717, 1.165) is 11.5 Å². The highest BCUT2D eigenvalue weighted by atomic mass is 32.2. The molecule has 2 aliphatic heterocycles. The Bertz CT molecular complexity index is 272. The first kappa shape index (κ1) is 12.2. The van der Waals surface area contributed by atoms with Crippen LogP contribution >= 0.6 is 11.8 Å². The Morgan fingerprint density at radius 1 is 1.44 bits per heavy atom. The summed E-state index contributed by atoms with van der Waals surface area (Å²) in [5.41, 5.74) is -1.56. The molecule has 0 amide bonds. The van der Waals surface area contributed by atoms with Crippen LogP contribution in [0.1, 0.15) is 19.8 Å². The second-order valence-corrected chi connectivity index (χ2v) is 5.77. The molecule has 2 fully saturated rings. The predicted molar refractivity (Wildman–Crippen MR) is 63.4 cm³/mol. The highest BCUT2D eigenvalue weighted by Gasteiger charge is 2.60. The van der Waals surface area contributed by atoms with Gasteiger partial charge in [-0.25, -0.2) is 0 Å². The van der Waals surface area contributed by atoms with E-state index in [1.165, 1.54) is 0 Å². The molecule has 5 heteroatoms. The lowest BCUT2D eigenvalue weighted by molar-refractivity contribution is -0.185. The van der Waals surface area contributed by atoms with Gasteiger partial charge >= 0.3 is 5.97 Å². The molecule has 0 bridgehead atoms. The summed E-state index contributed by atoms with van der Waals surface area (Å²) in [6, 6.07) is 0. The van der Waals surface area contributed by atoms with Crippen LogP contribution < -0.4 is 5.32 Å². The molecule has 0 aromatic heterocycles. The molecule has 2 aliphatic rings. The molecule has 0 aromatic rings. The maximum atomic E-state index is 12.0. The minimum absolute atomic E-state index is 0.233. The fourth-order valence-electron chi connectivity index (χ4n) is 2.50. The van der Waals surface area contributed by atoms with E-state index >= 15 is 0 Å². The van der Waals surface area contributed by atoms with Crippen LogP contribution in [0.2, 0.25) is 0 Å². The van der Waals surface area contributed by atoms with Gasteiger partial charge in [0.1, 0.15) is 5.41 Å². The van der Waals surface area contributed by atoms with E-state index in [1.807, 2.05) is 11.8 Å². The highest BCUT2D eigenvalue weighted by molar-refractivity contribution is 7.99. The van der Waals surface area contributed by atoms with E-state index in [4.69, 9.17) is 4.74 Å². The van der Waals surface area contributed by atoms with E-state index in [9.17, 15) is 9.90 Å². The Balaban J connectivity index is 2.16. The molecule has 2 saturated heterocycles. The summed E-state index contributed by atoms with van der Waals surface area (Å²) in [5.74, 6) is 1.62. The van der Waals surface area contributed by atoms with Crippen LogP contribution in [-0.4, -0.2) is 47.9 Å². The first-order valence-corrected chi connectivity index (χ1v) is 6.98. The monoisotopic (exact) mass is 245 g/mol. The quantitative estimate of drug-likeness (QED) is 0.705. The number of carbonyl (C=O) groups excluding carboxylic acids is 1. The van der Waals surface area contributed by atoms with Crippen LogP contribution in [0.3, 0.4) is 0 Å². The Kier molecular flexibility index (Phi) is 3.47. The molecule has 92 valence electrons. The summed E-state index contributed by atoms with van der Waals surface area (Å²) in [7, 11) is 0. The van der Waals surface area contributed by atoms with Crippen LogP contribution in [0.25, 0.3) is 0 Å². The molecular formula is C11H19NO3S. The number of hydrogen-bond acceptors (Lipinski definition) is 5. The maximum Gasteiger partial charge on any atom is 0.317 e. The van der Waals surface area contributed by atoms with Crippen LogP contribution in [-0.2, 0) is 9.53 Å². The Morgan fingerprint density at radius 2 is 2.06 bits per heavy atom. The van der Waals surface area contributed by atoms with Gasteiger partial charge in [-0.1, -0.05) is 0 Å². The van der Waals surface area contributed by atoms with Crippen molar-refractivity contribution in [3.8, 4) is 0 Å². The van der Waals surface area contributed by atoms with Crippen molar-refractivity contribution in [2.75, 3.05) is 31.2 Å². The number of thioether (sulfide) groups is 1. The lowest BCUT2D eigenvalue weighted by atomic mass is 9.64. The van der Waals surface area contributed by atoms with Crippen LogP contribution in [0, 0.1) is 5.41 Å². The molecule has 4 nitrogen and oxygen atoms in total. The minimum atomic E-state index is -0.865. The average molecular weight is 245 g/mol. The predicted octanol–water partition coefficient (Wildman–Crippen LogP) is 0.397. The molecule has 2 N–H and O–H groups in total. The summed E-state index contributed by atoms with van der Waals surface area (Å²) >= 11 is 1.84. The number of aliphatic hydroxyl groups is 1. The zero-order valence-corrected chi connectivity index (χ0v) is 10.4. The Morgan fingerprint density at radius 3 is 2.50 bits per heavy atom. The van der Waals surface area contributed by atoms with Crippen LogP contribution in [0.5, 0.6) is 0 Å². The van der Waals surface area contributed by atoms with Crippen molar-refractivity contribution in [1.29, 1.82) is 0 Å². The third-order valence-electron chi connectivity index (χ3n) is 3.73. The topological polar surface area (TPSA) is 58.6 Å². The SMILES string of the molecule is CCOC(=O)C1(C2(O)CCSCC2)CNC1. The van der Waals surface area contributed by atoms with Gasteiger partial charge in [0.2, 0.25) is 0 Å². The van der Waals surface area contributed by atoms with Crippen molar-refractivity contribution >= 4 is 17.7 Å². The molecule has 0 saturated carbocycles. The number of ether oxygens (including phenoxy) is 1. The molecule has 2 heterocycles. The van der Waals surface area contributed by atoms with Gasteiger partial charge in [-0.3, -0.25) is 4.79 Å². The third-order valence-corrected chi connectivity index (χ3v) is 4.72. The maximum absolute atomic E-state index is 12.0. The van der Waals surface area contributed by atoms with Gasteiger partial charge in [0.05, 0.1) is 12.2 Å². The Labute approximate surface area is 100 Å². The number of hydrogen-bond donors (Lipinski definition) is 2. The Hall–Kier alpha value is -0.260. The normalized spacial score (nSPS) is 26.9. The van der Waals surface area contributed by atoms with Crippen molar-refractivity contribution < 1.29 is 14.6 Å². The van der Waals surface area contributed by atoms with Crippen molar-refractivity contribution in [3.63, 3.8) is 0 Å². The molecule has 0 spiro atoms. The lowest BCUT2D eigenvalue weighted by Gasteiger charge is -2.52. The summed E-state index contributed by atoms with van der Waals surface area (Å²) < 4.78 is 5.12. The summed E-state index contributed by atoms with van der Waals surface area (Å²) in [4.78, 5) is 12.0. The van der Waals surface area contributed by atoms with Gasteiger partial charge in [-0.05, 0) is 31.3 Å². The summed E-state index contributed by atoms with van der Waals surface area (Å²) in [6.45, 7) is 3.28. The van der Waals surface area contributed by atoms with Crippen molar-refractivity contribution in [3.05, 3.63) is 0 Å². The summed E-state index contributed by atoms with van der Waals surface area (Å²) in [6.07, 6.45) is 1.39. The molecule has 0 aromatic carbocycles. The molecule has 0 aliphatic carbocycles. The standard InChI is InChI=1S/C11H19NO3S/c1-2-15-9(13)10(7-12-8-10)11(14)3-5-16-6-4-11/h12,14H,2-8H2,1H3. The van der Waals surface area contributed by atoms with E-state index in [1.54, 1.807) is 6.92 Å². The van der Waals surface area contributed by atoms with E-state index in [-0.39, 0.29) is 5.97 Å². The van der Waals surface area contributed by atoms with Gasteiger partial charge in [-0.15, -0.1) is 0 Å². The second-order valence-electron chi connectivity index (χ2n) is 4.55. The van der Waals surface area contributed by atoms with E-state index in [2.05, 4.69) is 5.32 Å². The molecule has 2 rings (SSSR count). The fraction of sp³-hybridized carbons (Fsp3) is 0.909. The minimum Gasteiger partial charge on any atom is -0.465 e. The first-order valence-electron chi connectivity index (χ1n) is 5.83. The zero-order valence-electron chi connectivity index (χ0n) is 9.62. The van der Waals surface area contributed by atoms with Crippen molar-refractivity contribution in [2.24, 2.45) is 5.41 Å². The van der Waals surface area contributed by atoms with Crippen LogP contribution in [0.4, 0.5) is 0 Å². The largest absolute Gasteiger partial charge is 0.465 e. The molecule has 0 radical (unpaired) electrons. The molecule has 16 heavy (non-hydrogen) atoms. The lowest BCUT2D eigenvalue weighted by Crippen LogP contribution is -2.71. The number of carbonyl (C=O) groups is 1. The average Bonchev–Trinajstić information content (AvgIpc) is 2.16. The molecule has 0 unspecified atom stereocenters. The van der Waals surface area contributed by atoms with E-state index in [0.29, 0.717) is 32.5 Å². The van der Waals surface area contributed by atoms with Gasteiger partial charge in [0, 0.05) is 13.1 Å². The highest BCUT2D eigenvalue weighted by Crippen LogP contribution is 2.45. The van der Waals surface area contributed by atoms with Gasteiger partial charge in [-0.2, -0.15) is 11.8 Å². The summed E-state index contributed by atoms with van der Waals surface area (Å²) in [5, 5.41) is 13.8. The van der Waals surface area contributed by atoms with Gasteiger partial charge in [0.15, 0.2) is 0 Å². The zero-order chi connectivity index (χ0) is 11.6. The van der Waals surface area contributed by atoms with Crippen molar-refractivity contribution in [1.82, 2.24) is 5.32 Å². The van der Waals surface area contributed by atoms with Crippen LogP contribution in [0.15, 0.2) is 0 Å². The molecule has 0 atom stereocenters. The fourth-order valence-corrected chi connectivity index (χ4v) is 3.66. The number of esters is 1. The number of nitrogens with one attached hydrogen (secondary N) is 1. The third kappa shape index (κ3) is 1.75. The molecular weight excluding hydrogens is 226 g/mol. The smallest absolute Gasteiger partial charge is 0.317 e.